The molecule has 1 nitrogen and oxygen atoms in total. The standard InChI is InChI=1S/C18H27N/c1-14(19-12-11-15-5-4-6-15)17-10-9-16-7-2-3-8-18(16)13-17/h9-10,13-15,19H,2-8,11-12H2,1H3. The van der Waals surface area contributed by atoms with Crippen molar-refractivity contribution in [3.8, 4) is 0 Å². The molecule has 1 N–H and O–H groups in total. The second kappa shape index (κ2) is 6.09. The minimum atomic E-state index is 0.507. The highest BCUT2D eigenvalue weighted by Crippen LogP contribution is 2.29. The lowest BCUT2D eigenvalue weighted by molar-refractivity contribution is 0.288. The van der Waals surface area contributed by atoms with Gasteiger partial charge in [-0.25, -0.2) is 0 Å². The molecule has 1 fully saturated rings. The molecular formula is C18H27N. The summed E-state index contributed by atoms with van der Waals surface area (Å²) in [6.07, 6.45) is 11.1. The Hall–Kier alpha value is -0.820. The molecule has 1 heteroatoms. The maximum Gasteiger partial charge on any atom is 0.0291 e. The number of hydrogen-bond acceptors (Lipinski definition) is 1. The topological polar surface area (TPSA) is 12.0 Å². The first-order valence-electron chi connectivity index (χ1n) is 8.18. The van der Waals surface area contributed by atoms with Crippen LogP contribution in [0, 0.1) is 5.92 Å². The van der Waals surface area contributed by atoms with E-state index in [4.69, 9.17) is 0 Å². The third kappa shape index (κ3) is 3.20. The van der Waals surface area contributed by atoms with Crippen molar-refractivity contribution in [1.82, 2.24) is 5.32 Å². The monoisotopic (exact) mass is 257 g/mol. The number of fused-ring (bicyclic) bond motifs is 1. The normalized spacial score (nSPS) is 20.7. The summed E-state index contributed by atoms with van der Waals surface area (Å²) in [5.74, 6) is 1.02. The van der Waals surface area contributed by atoms with E-state index < -0.39 is 0 Å². The van der Waals surface area contributed by atoms with Crippen LogP contribution in [-0.4, -0.2) is 6.54 Å². The summed E-state index contributed by atoms with van der Waals surface area (Å²) in [5.41, 5.74) is 4.68. The van der Waals surface area contributed by atoms with E-state index in [0.717, 1.165) is 5.92 Å². The van der Waals surface area contributed by atoms with Gasteiger partial charge >= 0.3 is 0 Å². The van der Waals surface area contributed by atoms with E-state index in [-0.39, 0.29) is 0 Å². The molecule has 1 unspecified atom stereocenters. The zero-order valence-electron chi connectivity index (χ0n) is 12.3. The number of benzene rings is 1. The fourth-order valence-electron chi connectivity index (χ4n) is 3.43. The van der Waals surface area contributed by atoms with E-state index >= 15 is 0 Å². The van der Waals surface area contributed by atoms with Gasteiger partial charge in [0.1, 0.15) is 0 Å². The molecule has 2 aliphatic carbocycles. The molecule has 0 aliphatic heterocycles. The van der Waals surface area contributed by atoms with Crippen molar-refractivity contribution < 1.29 is 0 Å². The highest BCUT2D eigenvalue weighted by atomic mass is 14.9. The zero-order chi connectivity index (χ0) is 13.1. The van der Waals surface area contributed by atoms with Crippen LogP contribution in [0.4, 0.5) is 0 Å². The van der Waals surface area contributed by atoms with Crippen molar-refractivity contribution in [3.05, 3.63) is 34.9 Å². The van der Waals surface area contributed by atoms with E-state index in [1.54, 1.807) is 11.1 Å². The van der Waals surface area contributed by atoms with Crippen LogP contribution < -0.4 is 5.32 Å². The van der Waals surface area contributed by atoms with Crippen LogP contribution in [0.1, 0.15) is 68.2 Å². The first kappa shape index (κ1) is 13.2. The van der Waals surface area contributed by atoms with Crippen LogP contribution in [0.2, 0.25) is 0 Å². The molecule has 1 aromatic rings. The highest BCUT2D eigenvalue weighted by molar-refractivity contribution is 5.35. The van der Waals surface area contributed by atoms with E-state index in [9.17, 15) is 0 Å². The minimum Gasteiger partial charge on any atom is -0.310 e. The molecule has 0 spiro atoms. The van der Waals surface area contributed by atoms with Gasteiger partial charge in [-0.2, -0.15) is 0 Å². The molecule has 0 heterocycles. The SMILES string of the molecule is CC(NCCC1CCC1)c1ccc2c(c1)CCCC2. The summed E-state index contributed by atoms with van der Waals surface area (Å²) in [6, 6.07) is 7.67. The van der Waals surface area contributed by atoms with Crippen molar-refractivity contribution in [1.29, 1.82) is 0 Å². The molecule has 0 bridgehead atoms. The van der Waals surface area contributed by atoms with Gasteiger partial charge in [0, 0.05) is 6.04 Å². The number of aryl methyl sites for hydroxylation is 2. The average Bonchev–Trinajstić information content (AvgIpc) is 2.40. The van der Waals surface area contributed by atoms with Crippen LogP contribution >= 0.6 is 0 Å². The van der Waals surface area contributed by atoms with Crippen molar-refractivity contribution in [2.24, 2.45) is 5.92 Å². The Bertz CT molecular complexity index is 420. The number of rotatable bonds is 5. The number of hydrogen-bond donors (Lipinski definition) is 1. The maximum absolute atomic E-state index is 3.70. The largest absolute Gasteiger partial charge is 0.310 e. The molecule has 0 radical (unpaired) electrons. The number of nitrogens with one attached hydrogen (secondary N) is 1. The van der Waals surface area contributed by atoms with Gasteiger partial charge in [0.2, 0.25) is 0 Å². The molecule has 19 heavy (non-hydrogen) atoms. The Morgan fingerprint density at radius 2 is 1.89 bits per heavy atom. The smallest absolute Gasteiger partial charge is 0.0291 e. The molecule has 0 amide bonds. The van der Waals surface area contributed by atoms with Gasteiger partial charge in [-0.1, -0.05) is 37.5 Å². The van der Waals surface area contributed by atoms with Crippen LogP contribution in [0.25, 0.3) is 0 Å². The summed E-state index contributed by atoms with van der Waals surface area (Å²) in [5, 5.41) is 3.70. The lowest BCUT2D eigenvalue weighted by Crippen LogP contribution is -2.24. The van der Waals surface area contributed by atoms with Gasteiger partial charge in [0.05, 0.1) is 0 Å². The Labute approximate surface area is 117 Å². The molecule has 0 saturated heterocycles. The van der Waals surface area contributed by atoms with E-state index in [0.29, 0.717) is 6.04 Å². The summed E-state index contributed by atoms with van der Waals surface area (Å²) in [7, 11) is 0. The third-order valence-corrected chi connectivity index (χ3v) is 5.10. The Morgan fingerprint density at radius 1 is 1.11 bits per heavy atom. The summed E-state index contributed by atoms with van der Waals surface area (Å²) >= 11 is 0. The Morgan fingerprint density at radius 3 is 2.63 bits per heavy atom. The predicted molar refractivity (Wildman–Crippen MR) is 81.5 cm³/mol. The predicted octanol–water partition coefficient (Wildman–Crippen LogP) is 4.41. The summed E-state index contributed by atoms with van der Waals surface area (Å²) in [6.45, 7) is 3.49. The zero-order valence-corrected chi connectivity index (χ0v) is 12.3. The third-order valence-electron chi connectivity index (χ3n) is 5.10. The lowest BCUT2D eigenvalue weighted by atomic mass is 9.83. The summed E-state index contributed by atoms with van der Waals surface area (Å²) < 4.78 is 0. The van der Waals surface area contributed by atoms with Gasteiger partial charge in [0.15, 0.2) is 0 Å². The molecule has 0 aromatic heterocycles. The summed E-state index contributed by atoms with van der Waals surface area (Å²) in [4.78, 5) is 0. The van der Waals surface area contributed by atoms with E-state index in [2.05, 4.69) is 30.4 Å². The molecule has 104 valence electrons. The van der Waals surface area contributed by atoms with Crippen LogP contribution in [0.15, 0.2) is 18.2 Å². The fraction of sp³-hybridized carbons (Fsp3) is 0.667. The van der Waals surface area contributed by atoms with Gasteiger partial charge in [-0.15, -0.1) is 0 Å². The van der Waals surface area contributed by atoms with E-state index in [1.807, 2.05) is 0 Å². The first-order chi connectivity index (χ1) is 9.33. The van der Waals surface area contributed by atoms with Crippen molar-refractivity contribution in [2.45, 2.75) is 64.3 Å². The van der Waals surface area contributed by atoms with Crippen molar-refractivity contribution in [3.63, 3.8) is 0 Å². The molecule has 3 rings (SSSR count). The Kier molecular flexibility index (Phi) is 4.22. The molecular weight excluding hydrogens is 230 g/mol. The Balaban J connectivity index is 1.54. The van der Waals surface area contributed by atoms with Crippen molar-refractivity contribution in [2.75, 3.05) is 6.54 Å². The van der Waals surface area contributed by atoms with Gasteiger partial charge in [-0.3, -0.25) is 0 Å². The van der Waals surface area contributed by atoms with E-state index in [1.165, 1.54) is 63.5 Å². The highest BCUT2D eigenvalue weighted by Gasteiger charge is 2.17. The second-order valence-corrected chi connectivity index (χ2v) is 6.50. The molecule has 1 aromatic carbocycles. The van der Waals surface area contributed by atoms with Crippen LogP contribution in [-0.2, 0) is 12.8 Å². The van der Waals surface area contributed by atoms with Gasteiger partial charge in [0.25, 0.3) is 0 Å². The fourth-order valence-corrected chi connectivity index (χ4v) is 3.43. The van der Waals surface area contributed by atoms with Crippen molar-refractivity contribution >= 4 is 0 Å². The molecule has 2 aliphatic rings. The maximum atomic E-state index is 3.70. The molecule has 1 saturated carbocycles. The minimum absolute atomic E-state index is 0.507. The molecule has 1 atom stereocenters. The quantitative estimate of drug-likeness (QED) is 0.824. The first-order valence-corrected chi connectivity index (χ1v) is 8.18. The second-order valence-electron chi connectivity index (χ2n) is 6.50. The van der Waals surface area contributed by atoms with Crippen LogP contribution in [0.3, 0.4) is 0 Å². The van der Waals surface area contributed by atoms with Gasteiger partial charge < -0.3 is 5.32 Å². The average molecular weight is 257 g/mol. The van der Waals surface area contributed by atoms with Gasteiger partial charge in [-0.05, 0) is 68.2 Å². The lowest BCUT2D eigenvalue weighted by Gasteiger charge is -2.26. The van der Waals surface area contributed by atoms with Crippen LogP contribution in [0.5, 0.6) is 0 Å².